The molecule has 0 spiro atoms. The zero-order valence-corrected chi connectivity index (χ0v) is 14.1. The van der Waals surface area contributed by atoms with Crippen molar-refractivity contribution in [3.8, 4) is 0 Å². The maximum atomic E-state index is 12.0. The zero-order valence-electron chi connectivity index (χ0n) is 13.3. The normalized spacial score (nSPS) is 11.8. The lowest BCUT2D eigenvalue weighted by Crippen LogP contribution is -2.24. The summed E-state index contributed by atoms with van der Waals surface area (Å²) in [6.45, 7) is 2.35. The number of likely N-dealkylation sites (N-methyl/N-ethyl adjacent to an activating group) is 1. The Bertz CT molecular complexity index is 1050. The van der Waals surface area contributed by atoms with Crippen LogP contribution in [0, 0.1) is 0 Å². The molecule has 0 radical (unpaired) electrons. The van der Waals surface area contributed by atoms with Crippen LogP contribution in [-0.2, 0) is 13.1 Å². The first-order valence-electron chi connectivity index (χ1n) is 7.75. The van der Waals surface area contributed by atoms with E-state index in [4.69, 9.17) is 0 Å². The van der Waals surface area contributed by atoms with Gasteiger partial charge in [0.25, 0.3) is 5.56 Å². The fraction of sp³-hybridized carbons (Fsp3) is 0.235. The minimum atomic E-state index is -0.0229. The second-order valence-corrected chi connectivity index (χ2v) is 6.68. The number of hydrogen-bond donors (Lipinski definition) is 0. The molecule has 0 amide bonds. The van der Waals surface area contributed by atoms with Gasteiger partial charge in [0.2, 0.25) is 0 Å². The number of hydrogen-bond acceptors (Lipinski definition) is 5. The molecule has 0 unspecified atom stereocenters. The Hall–Kier alpha value is -2.51. The van der Waals surface area contributed by atoms with Gasteiger partial charge in [-0.15, -0.1) is 11.3 Å². The average molecular weight is 339 g/mol. The third-order valence-corrected chi connectivity index (χ3v) is 4.79. The lowest BCUT2D eigenvalue weighted by atomic mass is 10.3. The molecule has 1 aromatic carbocycles. The average Bonchev–Trinajstić information content (AvgIpc) is 3.20. The molecular weight excluding hydrogens is 322 g/mol. The Kier molecular flexibility index (Phi) is 3.87. The summed E-state index contributed by atoms with van der Waals surface area (Å²) < 4.78 is 3.72. The molecule has 3 heterocycles. The SMILES string of the molecule is CN(CCn1cnc2ccccc21)Cc1cc(=O)n2ccsc2n1. The van der Waals surface area contributed by atoms with Gasteiger partial charge in [-0.3, -0.25) is 14.1 Å². The first-order chi connectivity index (χ1) is 11.7. The van der Waals surface area contributed by atoms with Crippen molar-refractivity contribution in [2.75, 3.05) is 13.6 Å². The second kappa shape index (κ2) is 6.18. The lowest BCUT2D eigenvalue weighted by Gasteiger charge is -2.16. The highest BCUT2D eigenvalue weighted by molar-refractivity contribution is 7.15. The lowest BCUT2D eigenvalue weighted by molar-refractivity contribution is 0.309. The van der Waals surface area contributed by atoms with E-state index in [-0.39, 0.29) is 5.56 Å². The van der Waals surface area contributed by atoms with Crippen molar-refractivity contribution in [2.45, 2.75) is 13.1 Å². The molecule has 0 aliphatic carbocycles. The van der Waals surface area contributed by atoms with Gasteiger partial charge in [-0.1, -0.05) is 12.1 Å². The molecule has 3 aromatic heterocycles. The van der Waals surface area contributed by atoms with Crippen LogP contribution < -0.4 is 5.56 Å². The topological polar surface area (TPSA) is 55.4 Å². The first-order valence-corrected chi connectivity index (χ1v) is 8.63. The summed E-state index contributed by atoms with van der Waals surface area (Å²) in [5, 5.41) is 1.88. The van der Waals surface area contributed by atoms with Crippen molar-refractivity contribution in [1.29, 1.82) is 0 Å². The number of nitrogens with zero attached hydrogens (tertiary/aromatic N) is 5. The molecule has 4 rings (SSSR count). The minimum absolute atomic E-state index is 0.0229. The van der Waals surface area contributed by atoms with Crippen molar-refractivity contribution in [3.63, 3.8) is 0 Å². The molecular formula is C17H17N5OS. The summed E-state index contributed by atoms with van der Waals surface area (Å²) in [6.07, 6.45) is 3.63. The molecule has 0 N–H and O–H groups in total. The van der Waals surface area contributed by atoms with Crippen molar-refractivity contribution < 1.29 is 0 Å². The third-order valence-electron chi connectivity index (χ3n) is 4.04. The summed E-state index contributed by atoms with van der Waals surface area (Å²) in [4.78, 5) is 23.9. The summed E-state index contributed by atoms with van der Waals surface area (Å²) in [5.41, 5.74) is 2.94. The molecule has 0 atom stereocenters. The van der Waals surface area contributed by atoms with E-state index in [1.807, 2.05) is 37.0 Å². The largest absolute Gasteiger partial charge is 0.329 e. The Morgan fingerprint density at radius 2 is 2.17 bits per heavy atom. The number of benzene rings is 1. The quantitative estimate of drug-likeness (QED) is 0.559. The van der Waals surface area contributed by atoms with Crippen LogP contribution in [0.15, 0.2) is 53.0 Å². The summed E-state index contributed by atoms with van der Waals surface area (Å²) >= 11 is 1.48. The van der Waals surface area contributed by atoms with Crippen LogP contribution in [-0.4, -0.2) is 37.4 Å². The number of imidazole rings is 1. The molecule has 0 saturated carbocycles. The number of rotatable bonds is 5. The van der Waals surface area contributed by atoms with Gasteiger partial charge < -0.3 is 4.57 Å². The molecule has 6 nitrogen and oxygen atoms in total. The minimum Gasteiger partial charge on any atom is -0.329 e. The van der Waals surface area contributed by atoms with Crippen LogP contribution >= 0.6 is 11.3 Å². The van der Waals surface area contributed by atoms with Gasteiger partial charge in [0.05, 0.1) is 23.1 Å². The molecule has 0 fully saturated rings. The van der Waals surface area contributed by atoms with Crippen molar-refractivity contribution in [3.05, 3.63) is 64.3 Å². The van der Waals surface area contributed by atoms with Crippen LogP contribution in [0.5, 0.6) is 0 Å². The van der Waals surface area contributed by atoms with E-state index in [0.29, 0.717) is 6.54 Å². The Morgan fingerprint density at radius 3 is 3.08 bits per heavy atom. The molecule has 0 aliphatic rings. The van der Waals surface area contributed by atoms with E-state index in [1.165, 1.54) is 11.3 Å². The van der Waals surface area contributed by atoms with Gasteiger partial charge in [0.1, 0.15) is 0 Å². The van der Waals surface area contributed by atoms with Gasteiger partial charge in [-0.25, -0.2) is 9.97 Å². The molecule has 122 valence electrons. The molecule has 0 saturated heterocycles. The summed E-state index contributed by atoms with van der Waals surface area (Å²) in [6, 6.07) is 9.73. The molecule has 24 heavy (non-hydrogen) atoms. The van der Waals surface area contributed by atoms with Crippen LogP contribution in [0.25, 0.3) is 16.0 Å². The monoisotopic (exact) mass is 339 g/mol. The highest BCUT2D eigenvalue weighted by Crippen LogP contribution is 2.12. The molecule has 0 aliphatic heterocycles. The number of fused-ring (bicyclic) bond motifs is 2. The van der Waals surface area contributed by atoms with Gasteiger partial charge in [-0.05, 0) is 19.2 Å². The maximum Gasteiger partial charge on any atom is 0.258 e. The smallest absolute Gasteiger partial charge is 0.258 e. The molecule has 0 bridgehead atoms. The van der Waals surface area contributed by atoms with E-state index in [2.05, 4.69) is 25.5 Å². The van der Waals surface area contributed by atoms with Gasteiger partial charge >= 0.3 is 0 Å². The maximum absolute atomic E-state index is 12.0. The van der Waals surface area contributed by atoms with E-state index in [9.17, 15) is 4.79 Å². The van der Waals surface area contributed by atoms with E-state index >= 15 is 0 Å². The van der Waals surface area contributed by atoms with Gasteiger partial charge in [-0.2, -0.15) is 0 Å². The fourth-order valence-corrected chi connectivity index (χ4v) is 3.53. The molecule has 7 heteroatoms. The van der Waals surface area contributed by atoms with Crippen LogP contribution in [0.1, 0.15) is 5.69 Å². The van der Waals surface area contributed by atoms with Gasteiger partial charge in [0, 0.05) is 37.3 Å². The van der Waals surface area contributed by atoms with Crippen LogP contribution in [0.4, 0.5) is 0 Å². The molecule has 4 aromatic rings. The Labute approximate surface area is 142 Å². The standard InChI is InChI=1S/C17H17N5OS/c1-20(6-7-21-12-18-14-4-2-3-5-15(14)21)11-13-10-16(23)22-8-9-24-17(22)19-13/h2-5,8-10,12H,6-7,11H2,1H3. The summed E-state index contributed by atoms with van der Waals surface area (Å²) in [5.74, 6) is 0. The number of para-hydroxylation sites is 2. The van der Waals surface area contributed by atoms with E-state index < -0.39 is 0 Å². The van der Waals surface area contributed by atoms with Crippen LogP contribution in [0.2, 0.25) is 0 Å². The Morgan fingerprint density at radius 1 is 1.29 bits per heavy atom. The van der Waals surface area contributed by atoms with E-state index in [0.717, 1.165) is 34.8 Å². The van der Waals surface area contributed by atoms with Crippen molar-refractivity contribution in [1.82, 2.24) is 23.8 Å². The Balaban J connectivity index is 1.46. The van der Waals surface area contributed by atoms with Gasteiger partial charge in [0.15, 0.2) is 4.96 Å². The van der Waals surface area contributed by atoms with E-state index in [1.54, 1.807) is 16.7 Å². The third kappa shape index (κ3) is 2.83. The highest BCUT2D eigenvalue weighted by Gasteiger charge is 2.07. The van der Waals surface area contributed by atoms with Crippen LogP contribution in [0.3, 0.4) is 0 Å². The highest BCUT2D eigenvalue weighted by atomic mass is 32.1. The first kappa shape index (κ1) is 15.0. The summed E-state index contributed by atoms with van der Waals surface area (Å²) in [7, 11) is 2.04. The number of thiazole rings is 1. The second-order valence-electron chi connectivity index (χ2n) is 5.81. The van der Waals surface area contributed by atoms with Crippen molar-refractivity contribution in [2.24, 2.45) is 0 Å². The fourth-order valence-electron chi connectivity index (χ4n) is 2.79. The predicted molar refractivity (Wildman–Crippen MR) is 95.4 cm³/mol. The van der Waals surface area contributed by atoms with Crippen molar-refractivity contribution >= 4 is 27.3 Å². The predicted octanol–water partition coefficient (Wildman–Crippen LogP) is 2.24. The zero-order chi connectivity index (χ0) is 16.5. The number of aromatic nitrogens is 4.